The Morgan fingerprint density at radius 2 is 1.83 bits per heavy atom. The van der Waals surface area contributed by atoms with Crippen LogP contribution in [0, 0.1) is 0 Å². The third-order valence-electron chi connectivity index (χ3n) is 7.38. The van der Waals surface area contributed by atoms with Crippen LogP contribution in [0.2, 0.25) is 5.02 Å². The monoisotopic (exact) mass is 491 g/mol. The normalized spacial score (nSPS) is 22.7. The quantitative estimate of drug-likeness (QED) is 0.505. The largest absolute Gasteiger partial charge is 0.496 e. The fourth-order valence-corrected chi connectivity index (χ4v) is 5.97. The lowest BCUT2D eigenvalue weighted by Crippen LogP contribution is -2.36. The molecular formula is C29H30ClNO4. The lowest BCUT2D eigenvalue weighted by molar-refractivity contribution is -0.144. The fourth-order valence-electron chi connectivity index (χ4n) is 5.77. The van der Waals surface area contributed by atoms with Crippen LogP contribution >= 0.6 is 11.6 Å². The molecule has 0 saturated heterocycles. The summed E-state index contributed by atoms with van der Waals surface area (Å²) < 4.78 is 11.5. The van der Waals surface area contributed by atoms with E-state index >= 15 is 0 Å². The van der Waals surface area contributed by atoms with Crippen LogP contribution in [-0.2, 0) is 14.3 Å². The molecule has 1 N–H and O–H groups in total. The number of halogens is 1. The average molecular weight is 492 g/mol. The Morgan fingerprint density at radius 1 is 1.06 bits per heavy atom. The second-order valence-corrected chi connectivity index (χ2v) is 10.1. The van der Waals surface area contributed by atoms with E-state index in [9.17, 15) is 9.59 Å². The highest BCUT2D eigenvalue weighted by Gasteiger charge is 2.42. The van der Waals surface area contributed by atoms with Gasteiger partial charge in [0.15, 0.2) is 5.78 Å². The van der Waals surface area contributed by atoms with E-state index in [-0.39, 0.29) is 23.8 Å². The van der Waals surface area contributed by atoms with Crippen LogP contribution in [-0.4, -0.2) is 25.0 Å². The van der Waals surface area contributed by atoms with Gasteiger partial charge in [-0.15, -0.1) is 0 Å². The van der Waals surface area contributed by atoms with Crippen molar-refractivity contribution in [2.24, 2.45) is 0 Å². The summed E-state index contributed by atoms with van der Waals surface area (Å²) in [7, 11) is 1.65. The predicted molar refractivity (Wildman–Crippen MR) is 135 cm³/mol. The minimum atomic E-state index is -0.509. The number of rotatable bonds is 5. The van der Waals surface area contributed by atoms with Gasteiger partial charge < -0.3 is 14.8 Å². The molecule has 2 aliphatic carbocycles. The zero-order valence-corrected chi connectivity index (χ0v) is 20.9. The first-order valence-electron chi connectivity index (χ1n) is 12.3. The van der Waals surface area contributed by atoms with Crippen LogP contribution in [0.5, 0.6) is 5.75 Å². The van der Waals surface area contributed by atoms with Crippen LogP contribution in [0.4, 0.5) is 0 Å². The lowest BCUT2D eigenvalue weighted by Gasteiger charge is -2.37. The van der Waals surface area contributed by atoms with Gasteiger partial charge in [-0.05, 0) is 68.4 Å². The van der Waals surface area contributed by atoms with E-state index in [0.717, 1.165) is 54.0 Å². The molecular weight excluding hydrogens is 462 g/mol. The number of dihydropyridines is 1. The van der Waals surface area contributed by atoms with Crippen molar-refractivity contribution in [3.05, 3.63) is 87.2 Å². The van der Waals surface area contributed by atoms with Gasteiger partial charge in [0.25, 0.3) is 0 Å². The number of para-hydroxylation sites is 1. The van der Waals surface area contributed by atoms with Gasteiger partial charge in [0.2, 0.25) is 0 Å². The number of methoxy groups -OCH3 is 1. The molecule has 1 aliphatic heterocycles. The van der Waals surface area contributed by atoms with Gasteiger partial charge >= 0.3 is 5.97 Å². The van der Waals surface area contributed by atoms with Crippen LogP contribution in [0.25, 0.3) is 0 Å². The van der Waals surface area contributed by atoms with Crippen LogP contribution in [0.1, 0.15) is 68.4 Å². The topological polar surface area (TPSA) is 64.6 Å². The SMILES string of the molecule is COc1ccccc1C1CC(=O)C2=C(C1)NC(C)=C(C(=O)OC1CCCC1)C2c1cccc(Cl)c1. The first kappa shape index (κ1) is 23.7. The Hall–Kier alpha value is -3.05. The summed E-state index contributed by atoms with van der Waals surface area (Å²) in [4.78, 5) is 27.2. The number of benzene rings is 2. The molecule has 1 fully saturated rings. The molecule has 1 saturated carbocycles. The first-order valence-corrected chi connectivity index (χ1v) is 12.7. The molecule has 0 aromatic heterocycles. The number of carbonyl (C=O) groups excluding carboxylic acids is 2. The summed E-state index contributed by atoms with van der Waals surface area (Å²) in [6, 6.07) is 15.3. The number of Topliss-reactive ketones (excluding diaryl/α,β-unsaturated/α-hetero) is 1. The van der Waals surface area contributed by atoms with Crippen molar-refractivity contribution in [1.29, 1.82) is 0 Å². The van der Waals surface area contributed by atoms with E-state index in [1.54, 1.807) is 13.2 Å². The molecule has 2 aromatic rings. The van der Waals surface area contributed by atoms with Gasteiger partial charge in [-0.25, -0.2) is 4.79 Å². The number of ether oxygens (including phenoxy) is 2. The Labute approximate surface area is 211 Å². The third-order valence-corrected chi connectivity index (χ3v) is 7.62. The van der Waals surface area contributed by atoms with Gasteiger partial charge in [-0.1, -0.05) is 41.9 Å². The number of carbonyl (C=O) groups is 2. The Morgan fingerprint density at radius 3 is 2.57 bits per heavy atom. The van der Waals surface area contributed by atoms with E-state index in [1.807, 2.05) is 49.4 Å². The number of ketones is 1. The predicted octanol–water partition coefficient (Wildman–Crippen LogP) is 6.20. The first-order chi connectivity index (χ1) is 17.0. The smallest absolute Gasteiger partial charge is 0.337 e. The summed E-state index contributed by atoms with van der Waals surface area (Å²) in [5.74, 6) is -0.0595. The van der Waals surface area contributed by atoms with Crippen molar-refractivity contribution in [2.45, 2.75) is 63.4 Å². The van der Waals surface area contributed by atoms with Gasteiger partial charge in [0.05, 0.1) is 12.7 Å². The van der Waals surface area contributed by atoms with Crippen molar-refractivity contribution in [1.82, 2.24) is 5.32 Å². The highest BCUT2D eigenvalue weighted by Crippen LogP contribution is 2.47. The molecule has 5 rings (SSSR count). The zero-order valence-electron chi connectivity index (χ0n) is 20.1. The van der Waals surface area contributed by atoms with Crippen LogP contribution in [0.15, 0.2) is 71.1 Å². The maximum absolute atomic E-state index is 13.8. The molecule has 0 bridgehead atoms. The molecule has 182 valence electrons. The molecule has 1 heterocycles. The molecule has 0 amide bonds. The van der Waals surface area contributed by atoms with E-state index in [1.165, 1.54) is 0 Å². The molecule has 2 atom stereocenters. The number of nitrogens with one attached hydrogen (secondary N) is 1. The maximum Gasteiger partial charge on any atom is 0.337 e. The molecule has 0 radical (unpaired) electrons. The highest BCUT2D eigenvalue weighted by molar-refractivity contribution is 6.30. The van der Waals surface area contributed by atoms with Gasteiger partial charge in [0.1, 0.15) is 11.9 Å². The summed E-state index contributed by atoms with van der Waals surface area (Å²) >= 11 is 6.35. The molecule has 6 heteroatoms. The summed E-state index contributed by atoms with van der Waals surface area (Å²) in [5.41, 5.74) is 4.57. The lowest BCUT2D eigenvalue weighted by atomic mass is 9.71. The molecule has 0 spiro atoms. The average Bonchev–Trinajstić information content (AvgIpc) is 3.36. The molecule has 5 nitrogen and oxygen atoms in total. The maximum atomic E-state index is 13.8. The number of esters is 1. The summed E-state index contributed by atoms with van der Waals surface area (Å²) in [6.07, 6.45) is 4.87. The van der Waals surface area contributed by atoms with Gasteiger partial charge in [-0.2, -0.15) is 0 Å². The molecule has 3 aliphatic rings. The van der Waals surface area contributed by atoms with Crippen molar-refractivity contribution in [2.75, 3.05) is 7.11 Å². The molecule has 2 aromatic carbocycles. The Kier molecular flexibility index (Phi) is 6.70. The van der Waals surface area contributed by atoms with Gasteiger partial charge in [-0.3, -0.25) is 4.79 Å². The van der Waals surface area contributed by atoms with Crippen molar-refractivity contribution >= 4 is 23.4 Å². The zero-order chi connectivity index (χ0) is 24.5. The van der Waals surface area contributed by atoms with Crippen LogP contribution < -0.4 is 10.1 Å². The Balaban J connectivity index is 1.55. The van der Waals surface area contributed by atoms with Crippen molar-refractivity contribution in [3.63, 3.8) is 0 Å². The fraction of sp³-hybridized carbons (Fsp3) is 0.379. The highest BCUT2D eigenvalue weighted by atomic mass is 35.5. The van der Waals surface area contributed by atoms with Gasteiger partial charge in [0, 0.05) is 40.2 Å². The third kappa shape index (κ3) is 4.62. The van der Waals surface area contributed by atoms with E-state index in [2.05, 4.69) is 5.32 Å². The minimum Gasteiger partial charge on any atom is -0.496 e. The number of allylic oxidation sites excluding steroid dienone is 3. The summed E-state index contributed by atoms with van der Waals surface area (Å²) in [6.45, 7) is 1.89. The van der Waals surface area contributed by atoms with E-state index in [4.69, 9.17) is 21.1 Å². The number of hydrogen-bond acceptors (Lipinski definition) is 5. The second kappa shape index (κ2) is 9.90. The molecule has 2 unspecified atom stereocenters. The van der Waals surface area contributed by atoms with E-state index < -0.39 is 5.92 Å². The standard InChI is InChI=1S/C29H30ClNO4/c1-17-26(29(33)35-21-10-3-4-11-21)27(18-8-7-9-20(30)14-18)28-23(31-17)15-19(16-24(28)32)22-12-5-6-13-25(22)34-2/h5-9,12-14,19,21,27,31H,3-4,10-11,15-16H2,1-2H3. The number of hydrogen-bond donors (Lipinski definition) is 1. The second-order valence-electron chi connectivity index (χ2n) is 9.63. The van der Waals surface area contributed by atoms with E-state index in [0.29, 0.717) is 29.0 Å². The Bertz CT molecular complexity index is 1220. The van der Waals surface area contributed by atoms with Crippen molar-refractivity contribution < 1.29 is 19.1 Å². The molecule has 35 heavy (non-hydrogen) atoms. The minimum absolute atomic E-state index is 0.00954. The van der Waals surface area contributed by atoms with Crippen LogP contribution in [0.3, 0.4) is 0 Å². The van der Waals surface area contributed by atoms with Crippen molar-refractivity contribution in [3.8, 4) is 5.75 Å². The summed E-state index contributed by atoms with van der Waals surface area (Å²) in [5, 5.41) is 3.99.